The number of fused-ring (bicyclic) bond motifs is 1. The molecule has 0 aliphatic heterocycles. The van der Waals surface area contributed by atoms with Crippen LogP contribution in [0, 0.1) is 0 Å². The van der Waals surface area contributed by atoms with Crippen LogP contribution in [-0.4, -0.2) is 27.9 Å². The predicted molar refractivity (Wildman–Crippen MR) is 106 cm³/mol. The third kappa shape index (κ3) is 4.33. The van der Waals surface area contributed by atoms with E-state index in [1.165, 1.54) is 5.56 Å². The number of rotatable bonds is 10. The highest BCUT2D eigenvalue weighted by Crippen LogP contribution is 2.20. The SMILES string of the molecule is C=CCc1ccccc1OCCCCn1c(CCO)nc2ccccc21. The number of imidazole rings is 1. The normalized spacial score (nSPS) is 11.0. The van der Waals surface area contributed by atoms with E-state index in [1.54, 1.807) is 0 Å². The van der Waals surface area contributed by atoms with Crippen molar-refractivity contribution in [2.24, 2.45) is 0 Å². The summed E-state index contributed by atoms with van der Waals surface area (Å²) in [4.78, 5) is 4.64. The molecular weight excluding hydrogens is 324 g/mol. The number of hydrogen-bond acceptors (Lipinski definition) is 3. The van der Waals surface area contributed by atoms with E-state index in [0.717, 1.165) is 48.4 Å². The monoisotopic (exact) mass is 350 g/mol. The van der Waals surface area contributed by atoms with Crippen molar-refractivity contribution < 1.29 is 9.84 Å². The topological polar surface area (TPSA) is 47.3 Å². The summed E-state index contributed by atoms with van der Waals surface area (Å²) in [7, 11) is 0. The average Bonchev–Trinajstić information content (AvgIpc) is 3.01. The molecule has 1 heterocycles. The number of benzene rings is 2. The van der Waals surface area contributed by atoms with Gasteiger partial charge in [-0.2, -0.15) is 0 Å². The van der Waals surface area contributed by atoms with Gasteiger partial charge in [0.25, 0.3) is 0 Å². The minimum Gasteiger partial charge on any atom is -0.493 e. The molecule has 3 rings (SSSR count). The summed E-state index contributed by atoms with van der Waals surface area (Å²) in [5, 5.41) is 9.29. The van der Waals surface area contributed by atoms with Gasteiger partial charge in [-0.3, -0.25) is 0 Å². The van der Waals surface area contributed by atoms with Crippen molar-refractivity contribution in [2.75, 3.05) is 13.2 Å². The Morgan fingerprint density at radius 2 is 1.88 bits per heavy atom. The summed E-state index contributed by atoms with van der Waals surface area (Å²) >= 11 is 0. The minimum absolute atomic E-state index is 0.118. The van der Waals surface area contributed by atoms with Gasteiger partial charge >= 0.3 is 0 Å². The summed E-state index contributed by atoms with van der Waals surface area (Å²) in [6.45, 7) is 5.49. The van der Waals surface area contributed by atoms with Crippen LogP contribution in [0.5, 0.6) is 5.75 Å². The van der Waals surface area contributed by atoms with Crippen LogP contribution in [-0.2, 0) is 19.4 Å². The molecule has 0 atom stereocenters. The molecule has 0 fully saturated rings. The fourth-order valence-corrected chi connectivity index (χ4v) is 3.19. The van der Waals surface area contributed by atoms with Crippen LogP contribution < -0.4 is 4.74 Å². The Kier molecular flexibility index (Phi) is 6.45. The summed E-state index contributed by atoms with van der Waals surface area (Å²) in [6, 6.07) is 16.3. The first kappa shape index (κ1) is 18.2. The minimum atomic E-state index is 0.118. The van der Waals surface area contributed by atoms with Crippen molar-refractivity contribution in [2.45, 2.75) is 32.2 Å². The van der Waals surface area contributed by atoms with E-state index in [2.05, 4.69) is 28.3 Å². The molecule has 0 saturated carbocycles. The molecule has 0 aliphatic rings. The second-order valence-corrected chi connectivity index (χ2v) is 6.30. The zero-order valence-corrected chi connectivity index (χ0v) is 15.1. The molecule has 1 aromatic heterocycles. The predicted octanol–water partition coefficient (Wildman–Crippen LogP) is 4.16. The van der Waals surface area contributed by atoms with E-state index in [9.17, 15) is 5.11 Å². The van der Waals surface area contributed by atoms with Gasteiger partial charge in [-0.05, 0) is 43.0 Å². The van der Waals surface area contributed by atoms with Crippen molar-refractivity contribution in [3.63, 3.8) is 0 Å². The number of aliphatic hydroxyl groups is 1. The highest BCUT2D eigenvalue weighted by Gasteiger charge is 2.09. The third-order valence-electron chi connectivity index (χ3n) is 4.44. The van der Waals surface area contributed by atoms with Crippen LogP contribution in [0.2, 0.25) is 0 Å². The lowest BCUT2D eigenvalue weighted by Crippen LogP contribution is -2.08. The lowest BCUT2D eigenvalue weighted by Gasteiger charge is -2.11. The molecule has 0 amide bonds. The van der Waals surface area contributed by atoms with E-state index >= 15 is 0 Å². The first-order chi connectivity index (χ1) is 12.8. The maximum absolute atomic E-state index is 9.29. The standard InChI is InChI=1S/C22H26N2O2/c1-2-9-18-10-3-6-13-21(18)26-17-8-7-15-24-20-12-5-4-11-19(20)23-22(24)14-16-25/h2-6,10-13,25H,1,7-9,14-17H2. The van der Waals surface area contributed by atoms with E-state index < -0.39 is 0 Å². The number of para-hydroxylation sites is 3. The van der Waals surface area contributed by atoms with Gasteiger partial charge in [0.2, 0.25) is 0 Å². The van der Waals surface area contributed by atoms with Gasteiger partial charge in [0.15, 0.2) is 0 Å². The van der Waals surface area contributed by atoms with Gasteiger partial charge in [0.1, 0.15) is 11.6 Å². The lowest BCUT2D eigenvalue weighted by atomic mass is 10.1. The van der Waals surface area contributed by atoms with Crippen molar-refractivity contribution in [1.82, 2.24) is 9.55 Å². The zero-order valence-electron chi connectivity index (χ0n) is 15.1. The van der Waals surface area contributed by atoms with Crippen LogP contribution in [0.25, 0.3) is 11.0 Å². The second kappa shape index (κ2) is 9.20. The first-order valence-electron chi connectivity index (χ1n) is 9.20. The van der Waals surface area contributed by atoms with Crippen LogP contribution >= 0.6 is 0 Å². The molecular formula is C22H26N2O2. The average molecular weight is 350 g/mol. The molecule has 0 radical (unpaired) electrons. The zero-order chi connectivity index (χ0) is 18.2. The Morgan fingerprint density at radius 3 is 2.73 bits per heavy atom. The van der Waals surface area contributed by atoms with Gasteiger partial charge in [0.05, 0.1) is 24.2 Å². The Morgan fingerprint density at radius 1 is 1.08 bits per heavy atom. The van der Waals surface area contributed by atoms with Crippen molar-refractivity contribution in [3.8, 4) is 5.75 Å². The summed E-state index contributed by atoms with van der Waals surface area (Å²) in [6.07, 6.45) is 5.27. The van der Waals surface area contributed by atoms with Gasteiger partial charge in [-0.1, -0.05) is 36.4 Å². The smallest absolute Gasteiger partial charge is 0.122 e. The molecule has 26 heavy (non-hydrogen) atoms. The van der Waals surface area contributed by atoms with Crippen LogP contribution in [0.3, 0.4) is 0 Å². The van der Waals surface area contributed by atoms with Gasteiger partial charge in [-0.25, -0.2) is 4.98 Å². The van der Waals surface area contributed by atoms with E-state index in [-0.39, 0.29) is 6.61 Å². The first-order valence-corrected chi connectivity index (χ1v) is 9.20. The van der Waals surface area contributed by atoms with Crippen LogP contribution in [0.1, 0.15) is 24.2 Å². The number of unbranched alkanes of at least 4 members (excludes halogenated alkanes) is 1. The quantitative estimate of drug-likeness (QED) is 0.441. The number of ether oxygens (including phenoxy) is 1. The largest absolute Gasteiger partial charge is 0.493 e. The molecule has 0 saturated heterocycles. The highest BCUT2D eigenvalue weighted by molar-refractivity contribution is 5.75. The molecule has 4 heteroatoms. The number of aliphatic hydroxyl groups excluding tert-OH is 1. The second-order valence-electron chi connectivity index (χ2n) is 6.30. The highest BCUT2D eigenvalue weighted by atomic mass is 16.5. The molecule has 0 spiro atoms. The van der Waals surface area contributed by atoms with Gasteiger partial charge in [0, 0.05) is 13.0 Å². The fourth-order valence-electron chi connectivity index (χ4n) is 3.19. The Labute approximate surface area is 154 Å². The lowest BCUT2D eigenvalue weighted by molar-refractivity contribution is 0.291. The molecule has 0 aliphatic carbocycles. The Bertz CT molecular complexity index is 854. The fraction of sp³-hybridized carbons (Fsp3) is 0.318. The van der Waals surface area contributed by atoms with Crippen LogP contribution in [0.4, 0.5) is 0 Å². The number of nitrogens with zero attached hydrogens (tertiary/aromatic N) is 2. The van der Waals surface area contributed by atoms with Crippen molar-refractivity contribution in [1.29, 1.82) is 0 Å². The number of aromatic nitrogens is 2. The Hall–Kier alpha value is -2.59. The molecule has 3 aromatic rings. The Balaban J connectivity index is 1.56. The molecule has 136 valence electrons. The van der Waals surface area contributed by atoms with Crippen molar-refractivity contribution in [3.05, 3.63) is 72.6 Å². The van der Waals surface area contributed by atoms with Crippen LogP contribution in [0.15, 0.2) is 61.2 Å². The maximum atomic E-state index is 9.29. The number of hydrogen-bond donors (Lipinski definition) is 1. The van der Waals surface area contributed by atoms with Gasteiger partial charge in [-0.15, -0.1) is 6.58 Å². The number of allylic oxidation sites excluding steroid dienone is 1. The van der Waals surface area contributed by atoms with E-state index in [1.807, 2.05) is 42.5 Å². The summed E-state index contributed by atoms with van der Waals surface area (Å²) in [5.74, 6) is 1.90. The summed E-state index contributed by atoms with van der Waals surface area (Å²) in [5.41, 5.74) is 3.30. The molecule has 2 aromatic carbocycles. The molecule has 0 unspecified atom stereocenters. The summed E-state index contributed by atoms with van der Waals surface area (Å²) < 4.78 is 8.18. The maximum Gasteiger partial charge on any atom is 0.122 e. The molecule has 0 bridgehead atoms. The molecule has 1 N–H and O–H groups in total. The van der Waals surface area contributed by atoms with Gasteiger partial charge < -0.3 is 14.4 Å². The van der Waals surface area contributed by atoms with E-state index in [0.29, 0.717) is 13.0 Å². The molecule has 4 nitrogen and oxygen atoms in total. The van der Waals surface area contributed by atoms with Crippen molar-refractivity contribution >= 4 is 11.0 Å². The third-order valence-corrected chi connectivity index (χ3v) is 4.44. The number of aryl methyl sites for hydroxylation is 1. The van der Waals surface area contributed by atoms with E-state index in [4.69, 9.17) is 4.74 Å².